The summed E-state index contributed by atoms with van der Waals surface area (Å²) in [6, 6.07) is 5.31. The number of imidazole rings is 1. The van der Waals surface area contributed by atoms with Crippen molar-refractivity contribution in [1.29, 1.82) is 0 Å². The van der Waals surface area contributed by atoms with E-state index in [-0.39, 0.29) is 0 Å². The second-order valence-electron chi connectivity index (χ2n) is 4.03. The number of aliphatic hydroxyl groups is 1. The lowest BCUT2D eigenvalue weighted by Crippen LogP contribution is -2.08. The minimum atomic E-state index is -0.741. The zero-order valence-electron chi connectivity index (χ0n) is 10.3. The number of aromatic nitrogens is 2. The fourth-order valence-electron chi connectivity index (χ4n) is 1.89. The smallest absolute Gasteiger partial charge is 0.126 e. The van der Waals surface area contributed by atoms with Gasteiger partial charge in [-0.25, -0.2) is 4.98 Å². The fraction of sp³-hybridized carbons (Fsp3) is 0.308. The van der Waals surface area contributed by atoms with Crippen LogP contribution in [0.4, 0.5) is 0 Å². The summed E-state index contributed by atoms with van der Waals surface area (Å²) in [6.45, 7) is 0. The monoisotopic (exact) mass is 266 g/mol. The summed E-state index contributed by atoms with van der Waals surface area (Å²) >= 11 is 6.12. The van der Waals surface area contributed by atoms with Crippen molar-refractivity contribution < 1.29 is 9.84 Å². The standard InChI is InChI=1S/C13H15ClN2O2/c1-16-7-6-15-12(16)8-10(17)13-9(14)4-3-5-11(13)18-2/h3-7,10,17H,8H2,1-2H3. The van der Waals surface area contributed by atoms with Crippen LogP contribution in [0.1, 0.15) is 17.5 Å². The predicted octanol–water partition coefficient (Wildman–Crippen LogP) is 2.36. The number of rotatable bonds is 4. The first-order valence-electron chi connectivity index (χ1n) is 5.60. The Morgan fingerprint density at radius 3 is 2.89 bits per heavy atom. The molecule has 0 aliphatic heterocycles. The van der Waals surface area contributed by atoms with Crippen molar-refractivity contribution in [2.24, 2.45) is 7.05 Å². The van der Waals surface area contributed by atoms with E-state index < -0.39 is 6.10 Å². The zero-order valence-corrected chi connectivity index (χ0v) is 11.1. The quantitative estimate of drug-likeness (QED) is 0.924. The number of hydrogen-bond donors (Lipinski definition) is 1. The number of hydrogen-bond acceptors (Lipinski definition) is 3. The Hall–Kier alpha value is -1.52. The predicted molar refractivity (Wildman–Crippen MR) is 69.9 cm³/mol. The second kappa shape index (κ2) is 5.42. The molecule has 1 N–H and O–H groups in total. The fourth-order valence-corrected chi connectivity index (χ4v) is 2.18. The van der Waals surface area contributed by atoms with E-state index in [1.807, 2.05) is 17.8 Å². The van der Waals surface area contributed by atoms with Crippen molar-refractivity contribution in [3.63, 3.8) is 0 Å². The molecule has 0 aliphatic rings. The van der Waals surface area contributed by atoms with E-state index in [9.17, 15) is 5.11 Å². The molecule has 1 heterocycles. The van der Waals surface area contributed by atoms with Crippen LogP contribution in [0.2, 0.25) is 5.02 Å². The SMILES string of the molecule is COc1cccc(Cl)c1C(O)Cc1nccn1C. The van der Waals surface area contributed by atoms with Gasteiger partial charge in [-0.3, -0.25) is 0 Å². The third-order valence-corrected chi connectivity index (χ3v) is 3.19. The maximum atomic E-state index is 10.3. The molecular weight excluding hydrogens is 252 g/mol. The molecule has 0 saturated heterocycles. The minimum absolute atomic E-state index is 0.392. The third kappa shape index (κ3) is 2.49. The summed E-state index contributed by atoms with van der Waals surface area (Å²) in [5, 5.41) is 10.8. The van der Waals surface area contributed by atoms with E-state index in [1.165, 1.54) is 0 Å². The Labute approximate surface area is 111 Å². The minimum Gasteiger partial charge on any atom is -0.496 e. The van der Waals surface area contributed by atoms with Gasteiger partial charge in [-0.2, -0.15) is 0 Å². The summed E-state index contributed by atoms with van der Waals surface area (Å²) in [6.07, 6.45) is 3.19. The van der Waals surface area contributed by atoms with Gasteiger partial charge < -0.3 is 14.4 Å². The van der Waals surface area contributed by atoms with Crippen molar-refractivity contribution in [3.8, 4) is 5.75 Å². The lowest BCUT2D eigenvalue weighted by Gasteiger charge is -2.16. The molecule has 1 unspecified atom stereocenters. The molecule has 96 valence electrons. The Kier molecular flexibility index (Phi) is 3.89. The molecule has 0 aliphatic carbocycles. The number of aliphatic hydroxyl groups excluding tert-OH is 1. The summed E-state index contributed by atoms with van der Waals surface area (Å²) in [7, 11) is 3.45. The van der Waals surface area contributed by atoms with Crippen molar-refractivity contribution in [2.45, 2.75) is 12.5 Å². The molecule has 0 fully saturated rings. The van der Waals surface area contributed by atoms with Crippen molar-refractivity contribution in [2.75, 3.05) is 7.11 Å². The van der Waals surface area contributed by atoms with Gasteiger partial charge in [-0.15, -0.1) is 0 Å². The molecule has 2 aromatic rings. The van der Waals surface area contributed by atoms with Crippen LogP contribution in [-0.2, 0) is 13.5 Å². The molecular formula is C13H15ClN2O2. The Bertz CT molecular complexity index is 540. The van der Waals surface area contributed by atoms with Crippen LogP contribution in [-0.4, -0.2) is 21.8 Å². The molecule has 1 atom stereocenters. The third-order valence-electron chi connectivity index (χ3n) is 2.86. The van der Waals surface area contributed by atoms with Crippen LogP contribution in [0.15, 0.2) is 30.6 Å². The summed E-state index contributed by atoms with van der Waals surface area (Å²) in [4.78, 5) is 4.19. The molecule has 0 amide bonds. The van der Waals surface area contributed by atoms with Gasteiger partial charge in [-0.05, 0) is 12.1 Å². The first-order chi connectivity index (χ1) is 8.63. The molecule has 1 aromatic carbocycles. The van der Waals surface area contributed by atoms with Gasteiger partial charge >= 0.3 is 0 Å². The molecule has 0 radical (unpaired) electrons. The molecule has 18 heavy (non-hydrogen) atoms. The van der Waals surface area contributed by atoms with E-state index >= 15 is 0 Å². The van der Waals surface area contributed by atoms with Gasteiger partial charge in [0.1, 0.15) is 11.6 Å². The summed E-state index contributed by atoms with van der Waals surface area (Å²) in [5.41, 5.74) is 0.602. The van der Waals surface area contributed by atoms with Crippen LogP contribution in [0, 0.1) is 0 Å². The molecule has 1 aromatic heterocycles. The maximum Gasteiger partial charge on any atom is 0.126 e. The molecule has 0 spiro atoms. The Balaban J connectivity index is 2.29. The second-order valence-corrected chi connectivity index (χ2v) is 4.44. The average Bonchev–Trinajstić information content (AvgIpc) is 2.74. The zero-order chi connectivity index (χ0) is 13.1. The Morgan fingerprint density at radius 1 is 1.50 bits per heavy atom. The highest BCUT2D eigenvalue weighted by Crippen LogP contribution is 2.33. The molecule has 2 rings (SSSR count). The van der Waals surface area contributed by atoms with E-state index in [1.54, 1.807) is 31.5 Å². The highest BCUT2D eigenvalue weighted by molar-refractivity contribution is 6.31. The van der Waals surface area contributed by atoms with Crippen molar-refractivity contribution in [3.05, 3.63) is 47.0 Å². The number of benzene rings is 1. The first-order valence-corrected chi connectivity index (χ1v) is 5.98. The number of methoxy groups -OCH3 is 1. The van der Waals surface area contributed by atoms with Gasteiger partial charge in [-0.1, -0.05) is 17.7 Å². The largest absolute Gasteiger partial charge is 0.496 e. The van der Waals surface area contributed by atoms with Crippen LogP contribution < -0.4 is 4.74 Å². The van der Waals surface area contributed by atoms with Crippen LogP contribution in [0.5, 0.6) is 5.75 Å². The number of halogens is 1. The lowest BCUT2D eigenvalue weighted by molar-refractivity contribution is 0.170. The molecule has 5 heteroatoms. The van der Waals surface area contributed by atoms with Gasteiger partial charge in [0, 0.05) is 31.4 Å². The lowest BCUT2D eigenvalue weighted by atomic mass is 10.0. The van der Waals surface area contributed by atoms with E-state index in [2.05, 4.69) is 4.98 Å². The van der Waals surface area contributed by atoms with Crippen LogP contribution >= 0.6 is 11.6 Å². The van der Waals surface area contributed by atoms with E-state index in [0.717, 1.165) is 5.82 Å². The van der Waals surface area contributed by atoms with Gasteiger partial charge in [0.25, 0.3) is 0 Å². The highest BCUT2D eigenvalue weighted by atomic mass is 35.5. The Morgan fingerprint density at radius 2 is 2.28 bits per heavy atom. The first kappa shape index (κ1) is 12.9. The van der Waals surface area contributed by atoms with Gasteiger partial charge in [0.2, 0.25) is 0 Å². The van der Waals surface area contributed by atoms with Crippen LogP contribution in [0.3, 0.4) is 0 Å². The molecule has 4 nitrogen and oxygen atoms in total. The normalized spacial score (nSPS) is 12.4. The molecule has 0 saturated carbocycles. The number of aryl methyl sites for hydroxylation is 1. The number of nitrogens with zero attached hydrogens (tertiary/aromatic N) is 2. The van der Waals surface area contributed by atoms with E-state index in [4.69, 9.17) is 16.3 Å². The van der Waals surface area contributed by atoms with Gasteiger partial charge in [0.05, 0.1) is 18.2 Å². The topological polar surface area (TPSA) is 47.3 Å². The van der Waals surface area contributed by atoms with Crippen LogP contribution in [0.25, 0.3) is 0 Å². The highest BCUT2D eigenvalue weighted by Gasteiger charge is 2.18. The van der Waals surface area contributed by atoms with Crippen molar-refractivity contribution in [1.82, 2.24) is 9.55 Å². The molecule has 0 bridgehead atoms. The van der Waals surface area contributed by atoms with E-state index in [0.29, 0.717) is 22.8 Å². The maximum absolute atomic E-state index is 10.3. The number of ether oxygens (including phenoxy) is 1. The van der Waals surface area contributed by atoms with Gasteiger partial charge in [0.15, 0.2) is 0 Å². The summed E-state index contributed by atoms with van der Waals surface area (Å²) in [5.74, 6) is 1.38. The summed E-state index contributed by atoms with van der Waals surface area (Å²) < 4.78 is 7.09. The van der Waals surface area contributed by atoms with Crippen molar-refractivity contribution >= 4 is 11.6 Å². The average molecular weight is 267 g/mol.